The molecule has 2 heterocycles. The van der Waals surface area contributed by atoms with Crippen molar-refractivity contribution in [3.05, 3.63) is 72.3 Å². The number of para-hydroxylation sites is 1. The van der Waals surface area contributed by atoms with E-state index in [0.29, 0.717) is 30.9 Å². The van der Waals surface area contributed by atoms with Crippen LogP contribution in [0.2, 0.25) is 0 Å². The predicted molar refractivity (Wildman–Crippen MR) is 124 cm³/mol. The molecule has 1 fully saturated rings. The lowest BCUT2D eigenvalue weighted by Crippen LogP contribution is -2.44. The number of nitrogens with zero attached hydrogens (tertiary/aromatic N) is 3. The van der Waals surface area contributed by atoms with Gasteiger partial charge in [0.2, 0.25) is 17.7 Å². The molecule has 6 nitrogen and oxygen atoms in total. The minimum Gasteiger partial charge on any atom is -0.286 e. The van der Waals surface area contributed by atoms with E-state index in [9.17, 15) is 14.4 Å². The third-order valence-corrected chi connectivity index (χ3v) is 7.23. The maximum atomic E-state index is 13.4. The highest BCUT2D eigenvalue weighted by atomic mass is 32.1. The number of likely N-dealkylation sites (tertiary alicyclic amines) is 1. The van der Waals surface area contributed by atoms with Crippen molar-refractivity contribution in [2.45, 2.75) is 19.3 Å². The van der Waals surface area contributed by atoms with Crippen molar-refractivity contribution in [3.8, 4) is 0 Å². The lowest BCUT2D eigenvalue weighted by atomic mass is 9.85. The number of carbonyl (C=O) groups excluding carboxylic acids is 3. The second kappa shape index (κ2) is 8.67. The Morgan fingerprint density at radius 3 is 2.31 bits per heavy atom. The van der Waals surface area contributed by atoms with E-state index in [4.69, 9.17) is 0 Å². The van der Waals surface area contributed by atoms with E-state index in [1.54, 1.807) is 4.90 Å². The fourth-order valence-electron chi connectivity index (χ4n) is 4.43. The molecule has 0 N–H and O–H groups in total. The zero-order valence-corrected chi connectivity index (χ0v) is 18.3. The lowest BCUT2D eigenvalue weighted by Gasteiger charge is -2.23. The Labute approximate surface area is 190 Å². The monoisotopic (exact) mass is 445 g/mol. The first-order chi connectivity index (χ1) is 15.6. The summed E-state index contributed by atoms with van der Waals surface area (Å²) in [6.45, 7) is 0.183. The molecule has 0 radical (unpaired) electrons. The first-order valence-electron chi connectivity index (χ1n) is 10.8. The molecular weight excluding hydrogens is 422 g/mol. The molecule has 2 atom stereocenters. The molecule has 1 aliphatic heterocycles. The van der Waals surface area contributed by atoms with Crippen molar-refractivity contribution in [2.24, 2.45) is 11.8 Å². The fourth-order valence-corrected chi connectivity index (χ4v) is 5.44. The van der Waals surface area contributed by atoms with E-state index in [1.165, 1.54) is 11.3 Å². The van der Waals surface area contributed by atoms with Gasteiger partial charge in [0.05, 0.1) is 22.1 Å². The summed E-state index contributed by atoms with van der Waals surface area (Å²) in [7, 11) is 0. The van der Waals surface area contributed by atoms with Crippen LogP contribution >= 0.6 is 11.3 Å². The number of fused-ring (bicyclic) bond motifs is 2. The molecule has 0 spiro atoms. The van der Waals surface area contributed by atoms with Crippen LogP contribution in [0.1, 0.15) is 18.4 Å². The van der Waals surface area contributed by atoms with Crippen molar-refractivity contribution in [1.82, 2.24) is 9.88 Å². The molecule has 1 saturated heterocycles. The molecule has 32 heavy (non-hydrogen) atoms. The molecule has 1 aliphatic carbocycles. The van der Waals surface area contributed by atoms with Crippen LogP contribution in [0.15, 0.2) is 66.7 Å². The largest absolute Gasteiger partial charge is 0.286 e. The Morgan fingerprint density at radius 1 is 0.969 bits per heavy atom. The summed E-state index contributed by atoms with van der Waals surface area (Å²) in [5, 5.41) is 0.588. The molecule has 162 valence electrons. The number of imide groups is 1. The summed E-state index contributed by atoms with van der Waals surface area (Å²) in [6, 6.07) is 17.7. The summed E-state index contributed by atoms with van der Waals surface area (Å²) < 4.78 is 0.991. The van der Waals surface area contributed by atoms with Gasteiger partial charge >= 0.3 is 0 Å². The van der Waals surface area contributed by atoms with Crippen LogP contribution in [0.25, 0.3) is 10.2 Å². The first kappa shape index (κ1) is 20.6. The van der Waals surface area contributed by atoms with E-state index in [2.05, 4.69) is 4.98 Å². The van der Waals surface area contributed by atoms with Gasteiger partial charge in [0.1, 0.15) is 6.54 Å². The summed E-state index contributed by atoms with van der Waals surface area (Å²) in [4.78, 5) is 46.6. The number of amides is 3. The van der Waals surface area contributed by atoms with E-state index in [0.717, 1.165) is 20.7 Å². The van der Waals surface area contributed by atoms with Gasteiger partial charge < -0.3 is 0 Å². The number of hydrogen-bond donors (Lipinski definition) is 0. The van der Waals surface area contributed by atoms with E-state index in [-0.39, 0.29) is 36.1 Å². The summed E-state index contributed by atoms with van der Waals surface area (Å²) >= 11 is 1.44. The minimum absolute atomic E-state index is 0.231. The van der Waals surface area contributed by atoms with Gasteiger partial charge in [0.25, 0.3) is 0 Å². The molecule has 7 heteroatoms. The third-order valence-electron chi connectivity index (χ3n) is 6.17. The number of allylic oxidation sites excluding steroid dienone is 2. The van der Waals surface area contributed by atoms with Crippen molar-refractivity contribution in [2.75, 3.05) is 18.0 Å². The van der Waals surface area contributed by atoms with Gasteiger partial charge in [-0.25, -0.2) is 4.98 Å². The molecule has 0 saturated carbocycles. The average molecular weight is 446 g/mol. The Balaban J connectivity index is 1.39. The number of aromatic nitrogens is 1. The van der Waals surface area contributed by atoms with Crippen LogP contribution < -0.4 is 4.90 Å². The Kier molecular flexibility index (Phi) is 5.57. The number of thiazole rings is 1. The molecule has 5 rings (SSSR count). The molecule has 0 unspecified atom stereocenters. The van der Waals surface area contributed by atoms with Crippen LogP contribution in [-0.2, 0) is 20.8 Å². The summed E-state index contributed by atoms with van der Waals surface area (Å²) in [5.41, 5.74) is 1.94. The van der Waals surface area contributed by atoms with Crippen LogP contribution in [0.5, 0.6) is 0 Å². The molecule has 3 aromatic rings. The number of rotatable bonds is 6. The normalized spacial score (nSPS) is 20.1. The molecule has 1 aromatic heterocycles. The standard InChI is InChI=1S/C25H23N3O3S/c29-22(16-28-23(30)18-10-4-5-11-19(18)24(28)31)27(15-14-17-8-2-1-3-9-17)25-26-20-12-6-7-13-21(20)32-25/h1-9,12-13,18-19H,10-11,14-16H2/t18-,19-/m1/s1. The second-order valence-corrected chi connectivity index (χ2v) is 9.17. The van der Waals surface area contributed by atoms with E-state index >= 15 is 0 Å². The molecular formula is C25H23N3O3S. The van der Waals surface area contributed by atoms with Gasteiger partial charge in [-0.2, -0.15) is 0 Å². The highest BCUT2D eigenvalue weighted by molar-refractivity contribution is 7.22. The fraction of sp³-hybridized carbons (Fsp3) is 0.280. The second-order valence-electron chi connectivity index (χ2n) is 8.16. The van der Waals surface area contributed by atoms with Gasteiger partial charge in [-0.15, -0.1) is 0 Å². The molecule has 0 bridgehead atoms. The maximum Gasteiger partial charge on any atom is 0.248 e. The number of carbonyl (C=O) groups is 3. The minimum atomic E-state index is -0.333. The van der Waals surface area contributed by atoms with Gasteiger partial charge in [-0.05, 0) is 37.0 Å². The van der Waals surface area contributed by atoms with Gasteiger partial charge in [0, 0.05) is 6.54 Å². The van der Waals surface area contributed by atoms with Gasteiger partial charge in [-0.1, -0.05) is 66.0 Å². The van der Waals surface area contributed by atoms with Gasteiger partial charge in [-0.3, -0.25) is 24.2 Å². The number of anilines is 1. The molecule has 3 amide bonds. The number of hydrogen-bond acceptors (Lipinski definition) is 5. The molecule has 2 aliphatic rings. The average Bonchev–Trinajstić information content (AvgIpc) is 3.35. The van der Waals surface area contributed by atoms with Crippen molar-refractivity contribution in [1.29, 1.82) is 0 Å². The Morgan fingerprint density at radius 2 is 1.62 bits per heavy atom. The van der Waals surface area contributed by atoms with Crippen LogP contribution in [0.3, 0.4) is 0 Å². The zero-order chi connectivity index (χ0) is 22.1. The highest BCUT2D eigenvalue weighted by Gasteiger charge is 2.48. The van der Waals surface area contributed by atoms with Gasteiger partial charge in [0.15, 0.2) is 5.13 Å². The van der Waals surface area contributed by atoms with E-state index < -0.39 is 0 Å². The van der Waals surface area contributed by atoms with Crippen molar-refractivity contribution < 1.29 is 14.4 Å². The predicted octanol–water partition coefficient (Wildman–Crippen LogP) is 3.82. The number of benzene rings is 2. The Bertz CT molecular complexity index is 1140. The zero-order valence-electron chi connectivity index (χ0n) is 17.5. The van der Waals surface area contributed by atoms with Crippen LogP contribution in [-0.4, -0.2) is 40.7 Å². The maximum absolute atomic E-state index is 13.4. The Hall–Kier alpha value is -3.32. The van der Waals surface area contributed by atoms with Crippen LogP contribution in [0.4, 0.5) is 5.13 Å². The smallest absolute Gasteiger partial charge is 0.248 e. The summed E-state index contributed by atoms with van der Waals surface area (Å²) in [5.74, 6) is -1.41. The highest BCUT2D eigenvalue weighted by Crippen LogP contribution is 2.35. The van der Waals surface area contributed by atoms with Crippen LogP contribution in [0, 0.1) is 11.8 Å². The summed E-state index contributed by atoms with van der Waals surface area (Å²) in [6.07, 6.45) is 5.68. The topological polar surface area (TPSA) is 70.6 Å². The molecule has 2 aromatic carbocycles. The first-order valence-corrected chi connectivity index (χ1v) is 11.6. The van der Waals surface area contributed by atoms with E-state index in [1.807, 2.05) is 66.7 Å². The quantitative estimate of drug-likeness (QED) is 0.427. The van der Waals surface area contributed by atoms with Crippen molar-refractivity contribution in [3.63, 3.8) is 0 Å². The third kappa shape index (κ3) is 3.84. The van der Waals surface area contributed by atoms with Crippen molar-refractivity contribution >= 4 is 44.4 Å². The lowest BCUT2D eigenvalue weighted by molar-refractivity contribution is -0.143. The SMILES string of the molecule is O=C1[C@@H]2CC=CC[C@H]2C(=O)N1CC(=O)N(CCc1ccccc1)c1nc2ccccc2s1.